The van der Waals surface area contributed by atoms with Crippen LogP contribution >= 0.6 is 0 Å². The molecule has 3 aromatic rings. The Morgan fingerprint density at radius 1 is 0.939 bits per heavy atom. The summed E-state index contributed by atoms with van der Waals surface area (Å²) in [4.78, 5) is 0. The zero-order valence-corrected chi connectivity index (χ0v) is 20.5. The summed E-state index contributed by atoms with van der Waals surface area (Å²) >= 11 is 0. The fourth-order valence-corrected chi connectivity index (χ4v) is 4.69. The third-order valence-corrected chi connectivity index (χ3v) is 6.27. The van der Waals surface area contributed by atoms with Gasteiger partial charge in [0.25, 0.3) is 0 Å². The zero-order valence-electron chi connectivity index (χ0n) is 20.5. The molecule has 1 N–H and O–H groups in total. The number of para-hydroxylation sites is 1. The molecule has 0 fully saturated rings. The molecule has 3 aromatic carbocycles. The van der Waals surface area contributed by atoms with Crippen molar-refractivity contribution in [3.05, 3.63) is 83.4 Å². The molecule has 0 aromatic heterocycles. The molecular formula is C30H38O3. The minimum atomic E-state index is 0.274. The molecule has 0 spiro atoms. The van der Waals surface area contributed by atoms with E-state index in [1.807, 2.05) is 39.0 Å². The lowest BCUT2D eigenvalue weighted by molar-refractivity contribution is 0.274. The van der Waals surface area contributed by atoms with Crippen molar-refractivity contribution in [2.24, 2.45) is 5.92 Å². The Labute approximate surface area is 199 Å². The molecule has 0 amide bonds. The maximum atomic E-state index is 9.18. The van der Waals surface area contributed by atoms with Gasteiger partial charge in [-0.1, -0.05) is 69.3 Å². The number of fused-ring (bicyclic) bond motifs is 1. The summed E-state index contributed by atoms with van der Waals surface area (Å²) in [6, 6.07) is 23.2. The lowest BCUT2D eigenvalue weighted by Crippen LogP contribution is -2.04. The summed E-state index contributed by atoms with van der Waals surface area (Å²) in [6.45, 7) is 9.80. The average Bonchev–Trinajstić information content (AvgIpc) is 3.17. The molecule has 176 valence electrons. The summed E-state index contributed by atoms with van der Waals surface area (Å²) in [5.41, 5.74) is 6.24. The SMILES string of the molecule is CC.CCOc1ccccc1-c1ccc(COc2ccc3c(c2)CC(C)C3CCCO)cc1. The second-order valence-electron chi connectivity index (χ2n) is 8.43. The van der Waals surface area contributed by atoms with Crippen molar-refractivity contribution < 1.29 is 14.6 Å². The van der Waals surface area contributed by atoms with Gasteiger partial charge in [0, 0.05) is 12.2 Å². The first-order chi connectivity index (χ1) is 16.2. The minimum absolute atomic E-state index is 0.274. The molecule has 3 heteroatoms. The third-order valence-electron chi connectivity index (χ3n) is 6.27. The van der Waals surface area contributed by atoms with Crippen LogP contribution in [0.15, 0.2) is 66.7 Å². The monoisotopic (exact) mass is 446 g/mol. The van der Waals surface area contributed by atoms with Gasteiger partial charge in [-0.3, -0.25) is 0 Å². The van der Waals surface area contributed by atoms with Crippen LogP contribution in [0.25, 0.3) is 11.1 Å². The first kappa shape index (κ1) is 24.9. The van der Waals surface area contributed by atoms with Crippen LogP contribution in [0.4, 0.5) is 0 Å². The summed E-state index contributed by atoms with van der Waals surface area (Å²) in [5, 5.41) is 9.18. The van der Waals surface area contributed by atoms with Crippen LogP contribution in [-0.2, 0) is 13.0 Å². The molecule has 0 aliphatic heterocycles. The number of aliphatic hydroxyl groups excluding tert-OH is 1. The van der Waals surface area contributed by atoms with Crippen molar-refractivity contribution in [2.45, 2.75) is 59.5 Å². The molecule has 4 rings (SSSR count). The van der Waals surface area contributed by atoms with Crippen LogP contribution in [0, 0.1) is 5.92 Å². The van der Waals surface area contributed by atoms with Crippen LogP contribution < -0.4 is 9.47 Å². The topological polar surface area (TPSA) is 38.7 Å². The van der Waals surface area contributed by atoms with E-state index in [9.17, 15) is 5.11 Å². The van der Waals surface area contributed by atoms with E-state index in [0.717, 1.165) is 47.5 Å². The Bertz CT molecular complexity index is 994. The molecule has 0 heterocycles. The van der Waals surface area contributed by atoms with Crippen LogP contribution in [0.5, 0.6) is 11.5 Å². The first-order valence-corrected chi connectivity index (χ1v) is 12.4. The van der Waals surface area contributed by atoms with Crippen molar-refractivity contribution in [1.29, 1.82) is 0 Å². The van der Waals surface area contributed by atoms with E-state index < -0.39 is 0 Å². The molecule has 0 bridgehead atoms. The molecule has 3 nitrogen and oxygen atoms in total. The van der Waals surface area contributed by atoms with E-state index in [1.165, 1.54) is 11.1 Å². The van der Waals surface area contributed by atoms with Gasteiger partial charge >= 0.3 is 0 Å². The lowest BCUT2D eigenvalue weighted by Gasteiger charge is -2.16. The Kier molecular flexibility index (Phi) is 9.38. The molecule has 33 heavy (non-hydrogen) atoms. The maximum Gasteiger partial charge on any atom is 0.127 e. The summed E-state index contributed by atoms with van der Waals surface area (Å²) < 4.78 is 11.9. The van der Waals surface area contributed by atoms with E-state index in [1.54, 1.807) is 0 Å². The van der Waals surface area contributed by atoms with Crippen molar-refractivity contribution in [3.8, 4) is 22.6 Å². The first-order valence-electron chi connectivity index (χ1n) is 12.4. The standard InChI is InChI=1S/C28H32O3.C2H6/c1-3-30-28-9-5-4-7-27(28)22-12-10-21(11-13-22)19-31-24-14-15-26-23(18-24)17-20(2)25(26)8-6-16-29;1-2/h4-5,7,9-15,18,20,25,29H,3,6,8,16-17,19H2,1-2H3;1-2H3. The van der Waals surface area contributed by atoms with E-state index in [-0.39, 0.29) is 6.61 Å². The molecule has 2 atom stereocenters. The van der Waals surface area contributed by atoms with Gasteiger partial charge in [0.1, 0.15) is 18.1 Å². The molecule has 0 saturated carbocycles. The predicted octanol–water partition coefficient (Wildman–Crippen LogP) is 7.41. The minimum Gasteiger partial charge on any atom is -0.493 e. The van der Waals surface area contributed by atoms with Crippen molar-refractivity contribution in [3.63, 3.8) is 0 Å². The highest BCUT2D eigenvalue weighted by Gasteiger charge is 2.29. The van der Waals surface area contributed by atoms with Crippen LogP contribution in [-0.4, -0.2) is 18.3 Å². The molecule has 1 aliphatic rings. The van der Waals surface area contributed by atoms with Gasteiger partial charge in [0.05, 0.1) is 6.61 Å². The quantitative estimate of drug-likeness (QED) is 0.372. The van der Waals surface area contributed by atoms with Crippen LogP contribution in [0.1, 0.15) is 63.1 Å². The van der Waals surface area contributed by atoms with Crippen LogP contribution in [0.2, 0.25) is 0 Å². The van der Waals surface area contributed by atoms with Crippen LogP contribution in [0.3, 0.4) is 0 Å². The Balaban J connectivity index is 0.00000149. The smallest absolute Gasteiger partial charge is 0.127 e. The zero-order chi connectivity index (χ0) is 23.6. The van der Waals surface area contributed by atoms with Gasteiger partial charge in [-0.15, -0.1) is 0 Å². The highest BCUT2D eigenvalue weighted by atomic mass is 16.5. The largest absolute Gasteiger partial charge is 0.493 e. The van der Waals surface area contributed by atoms with Gasteiger partial charge in [0.2, 0.25) is 0 Å². The Morgan fingerprint density at radius 2 is 1.70 bits per heavy atom. The van der Waals surface area contributed by atoms with E-state index >= 15 is 0 Å². The van der Waals surface area contributed by atoms with E-state index in [4.69, 9.17) is 9.47 Å². The fourth-order valence-electron chi connectivity index (χ4n) is 4.69. The molecule has 0 saturated heterocycles. The average molecular weight is 447 g/mol. The number of benzene rings is 3. The number of hydrogen-bond acceptors (Lipinski definition) is 3. The summed E-state index contributed by atoms with van der Waals surface area (Å²) in [5.74, 6) is 3.03. The van der Waals surface area contributed by atoms with Gasteiger partial charge < -0.3 is 14.6 Å². The van der Waals surface area contributed by atoms with E-state index in [0.29, 0.717) is 25.0 Å². The predicted molar refractivity (Wildman–Crippen MR) is 137 cm³/mol. The molecule has 1 aliphatic carbocycles. The van der Waals surface area contributed by atoms with Gasteiger partial charge in [-0.2, -0.15) is 0 Å². The van der Waals surface area contributed by atoms with Gasteiger partial charge in [0.15, 0.2) is 0 Å². The normalized spacial score (nSPS) is 16.5. The highest BCUT2D eigenvalue weighted by Crippen LogP contribution is 2.42. The number of hydrogen-bond donors (Lipinski definition) is 1. The highest BCUT2D eigenvalue weighted by molar-refractivity contribution is 5.70. The second kappa shape index (κ2) is 12.5. The molecule has 0 radical (unpaired) electrons. The second-order valence-corrected chi connectivity index (χ2v) is 8.43. The summed E-state index contributed by atoms with van der Waals surface area (Å²) in [7, 11) is 0. The Hall–Kier alpha value is -2.78. The fraction of sp³-hybridized carbons (Fsp3) is 0.400. The lowest BCUT2D eigenvalue weighted by atomic mass is 9.90. The Morgan fingerprint density at radius 3 is 2.42 bits per heavy atom. The number of aliphatic hydroxyl groups is 1. The van der Waals surface area contributed by atoms with Crippen molar-refractivity contribution in [2.75, 3.05) is 13.2 Å². The summed E-state index contributed by atoms with van der Waals surface area (Å²) in [6.07, 6.45) is 3.03. The maximum absolute atomic E-state index is 9.18. The van der Waals surface area contributed by atoms with Crippen molar-refractivity contribution >= 4 is 0 Å². The van der Waals surface area contributed by atoms with Gasteiger partial charge in [-0.05, 0) is 78.5 Å². The number of rotatable bonds is 9. The number of ether oxygens (including phenoxy) is 2. The third kappa shape index (κ3) is 6.17. The molecule has 2 unspecified atom stereocenters. The van der Waals surface area contributed by atoms with Gasteiger partial charge in [-0.25, -0.2) is 0 Å². The van der Waals surface area contributed by atoms with Crippen molar-refractivity contribution in [1.82, 2.24) is 0 Å². The molecular weight excluding hydrogens is 408 g/mol. The van der Waals surface area contributed by atoms with E-state index in [2.05, 4.69) is 55.5 Å².